The third-order valence-corrected chi connectivity index (χ3v) is 7.12. The summed E-state index contributed by atoms with van der Waals surface area (Å²) in [6.07, 6.45) is 1.89. The van der Waals surface area contributed by atoms with Crippen molar-refractivity contribution in [3.63, 3.8) is 0 Å². The van der Waals surface area contributed by atoms with Crippen LogP contribution in [0.4, 0.5) is 0 Å². The molecule has 0 unspecified atom stereocenters. The SMILES string of the molecule is Cc1ccc(CNC(=O)c2c(-c3ccc4sc5ccccc5c4c3)nc3ccccn23)cc1. The van der Waals surface area contributed by atoms with Crippen molar-refractivity contribution < 1.29 is 4.79 Å². The fraction of sp³-hybridized carbons (Fsp3) is 0.0714. The number of imidazole rings is 1. The Kier molecular flexibility index (Phi) is 4.70. The molecule has 0 fully saturated rings. The van der Waals surface area contributed by atoms with Gasteiger partial charge in [-0.1, -0.05) is 60.2 Å². The van der Waals surface area contributed by atoms with E-state index < -0.39 is 0 Å². The number of hydrogen-bond donors (Lipinski definition) is 1. The zero-order valence-electron chi connectivity index (χ0n) is 18.1. The molecule has 5 heteroatoms. The number of aromatic nitrogens is 2. The van der Waals surface area contributed by atoms with Crippen LogP contribution >= 0.6 is 11.3 Å². The van der Waals surface area contributed by atoms with Crippen molar-refractivity contribution in [1.29, 1.82) is 0 Å². The van der Waals surface area contributed by atoms with Crippen LogP contribution in [-0.4, -0.2) is 15.3 Å². The van der Waals surface area contributed by atoms with E-state index in [-0.39, 0.29) is 5.91 Å². The van der Waals surface area contributed by atoms with Gasteiger partial charge in [0.25, 0.3) is 5.91 Å². The third kappa shape index (κ3) is 3.47. The Morgan fingerprint density at radius 1 is 0.909 bits per heavy atom. The molecule has 0 saturated carbocycles. The summed E-state index contributed by atoms with van der Waals surface area (Å²) in [6, 6.07) is 28.8. The summed E-state index contributed by atoms with van der Waals surface area (Å²) in [6.45, 7) is 2.52. The Morgan fingerprint density at radius 3 is 2.58 bits per heavy atom. The van der Waals surface area contributed by atoms with Crippen molar-refractivity contribution in [1.82, 2.24) is 14.7 Å². The maximum atomic E-state index is 13.4. The van der Waals surface area contributed by atoms with Crippen molar-refractivity contribution in [2.24, 2.45) is 0 Å². The zero-order valence-corrected chi connectivity index (χ0v) is 18.9. The molecule has 6 aromatic rings. The van der Waals surface area contributed by atoms with Crippen LogP contribution in [0.25, 0.3) is 37.1 Å². The molecule has 1 amide bonds. The summed E-state index contributed by atoms with van der Waals surface area (Å²) in [5.74, 6) is -0.139. The topological polar surface area (TPSA) is 46.4 Å². The van der Waals surface area contributed by atoms with E-state index in [4.69, 9.17) is 4.98 Å². The van der Waals surface area contributed by atoms with E-state index in [1.165, 1.54) is 25.7 Å². The molecule has 0 bridgehead atoms. The molecular formula is C28H21N3OS. The smallest absolute Gasteiger partial charge is 0.270 e. The van der Waals surface area contributed by atoms with E-state index in [2.05, 4.69) is 66.8 Å². The molecule has 0 saturated heterocycles. The number of nitrogens with one attached hydrogen (secondary N) is 1. The van der Waals surface area contributed by atoms with Gasteiger partial charge >= 0.3 is 0 Å². The Balaban J connectivity index is 1.45. The second-order valence-electron chi connectivity index (χ2n) is 8.22. The van der Waals surface area contributed by atoms with Gasteiger partial charge in [-0.05, 0) is 42.8 Å². The number of carbonyl (C=O) groups is 1. The first-order valence-corrected chi connectivity index (χ1v) is 11.7. The number of thiophene rings is 1. The van der Waals surface area contributed by atoms with Gasteiger partial charge in [0.2, 0.25) is 0 Å². The fourth-order valence-corrected chi connectivity index (χ4v) is 5.35. The number of benzene rings is 3. The molecule has 0 aliphatic carbocycles. The second kappa shape index (κ2) is 7.87. The van der Waals surface area contributed by atoms with Crippen LogP contribution in [0.3, 0.4) is 0 Å². The number of hydrogen-bond acceptors (Lipinski definition) is 3. The van der Waals surface area contributed by atoms with Gasteiger partial charge in [-0.15, -0.1) is 11.3 Å². The van der Waals surface area contributed by atoms with Gasteiger partial charge in [0.1, 0.15) is 17.0 Å². The van der Waals surface area contributed by atoms with Crippen LogP contribution in [0.1, 0.15) is 21.6 Å². The van der Waals surface area contributed by atoms with Crippen LogP contribution in [-0.2, 0) is 6.54 Å². The first-order chi connectivity index (χ1) is 16.2. The number of pyridine rings is 1. The lowest BCUT2D eigenvalue weighted by Gasteiger charge is -2.08. The zero-order chi connectivity index (χ0) is 22.4. The quantitative estimate of drug-likeness (QED) is 0.331. The summed E-state index contributed by atoms with van der Waals surface area (Å²) in [5.41, 5.74) is 5.20. The Hall–Kier alpha value is -3.96. The highest BCUT2D eigenvalue weighted by Crippen LogP contribution is 2.36. The summed E-state index contributed by atoms with van der Waals surface area (Å²) in [5, 5.41) is 5.51. The van der Waals surface area contributed by atoms with Gasteiger partial charge in [0.15, 0.2) is 0 Å². The van der Waals surface area contributed by atoms with Gasteiger partial charge in [-0.25, -0.2) is 4.98 Å². The van der Waals surface area contributed by atoms with Crippen LogP contribution in [0, 0.1) is 6.92 Å². The van der Waals surface area contributed by atoms with E-state index in [0.29, 0.717) is 17.9 Å². The average molecular weight is 448 g/mol. The van der Waals surface area contributed by atoms with Gasteiger partial charge < -0.3 is 5.32 Å². The maximum absolute atomic E-state index is 13.4. The van der Waals surface area contributed by atoms with Crippen LogP contribution in [0.5, 0.6) is 0 Å². The van der Waals surface area contributed by atoms with E-state index in [9.17, 15) is 4.79 Å². The molecule has 3 heterocycles. The van der Waals surface area contributed by atoms with E-state index in [1.807, 2.05) is 40.9 Å². The molecule has 4 nitrogen and oxygen atoms in total. The highest BCUT2D eigenvalue weighted by molar-refractivity contribution is 7.25. The molecule has 0 radical (unpaired) electrons. The lowest BCUT2D eigenvalue weighted by molar-refractivity contribution is 0.0945. The van der Waals surface area contributed by atoms with E-state index in [1.54, 1.807) is 11.3 Å². The summed E-state index contributed by atoms with van der Waals surface area (Å²) >= 11 is 1.78. The molecule has 33 heavy (non-hydrogen) atoms. The van der Waals surface area contributed by atoms with Crippen LogP contribution in [0.15, 0.2) is 91.1 Å². The molecule has 0 aliphatic heterocycles. The first kappa shape index (κ1) is 19.7. The molecule has 3 aromatic carbocycles. The minimum atomic E-state index is -0.139. The predicted molar refractivity (Wildman–Crippen MR) is 136 cm³/mol. The third-order valence-electron chi connectivity index (χ3n) is 5.97. The molecule has 160 valence electrons. The fourth-order valence-electron chi connectivity index (χ4n) is 4.26. The van der Waals surface area contributed by atoms with E-state index in [0.717, 1.165) is 16.8 Å². The monoisotopic (exact) mass is 447 g/mol. The Morgan fingerprint density at radius 2 is 1.70 bits per heavy atom. The van der Waals surface area contributed by atoms with Crippen molar-refractivity contribution in [2.45, 2.75) is 13.5 Å². The van der Waals surface area contributed by atoms with Gasteiger partial charge in [-0.2, -0.15) is 0 Å². The van der Waals surface area contributed by atoms with Crippen LogP contribution in [0.2, 0.25) is 0 Å². The maximum Gasteiger partial charge on any atom is 0.270 e. The summed E-state index contributed by atoms with van der Waals surface area (Å²) < 4.78 is 4.36. The molecular weight excluding hydrogens is 426 g/mol. The Bertz CT molecular complexity index is 1640. The number of nitrogens with zero attached hydrogens (tertiary/aromatic N) is 2. The standard InChI is InChI=1S/C28H21N3OS/c1-18-9-11-19(12-10-18)17-29-28(32)27-26(30-25-8-4-5-15-31(25)27)20-13-14-24-22(16-20)21-6-2-3-7-23(21)33-24/h2-16H,17H2,1H3,(H,29,32). The number of fused-ring (bicyclic) bond motifs is 4. The van der Waals surface area contributed by atoms with Gasteiger partial charge in [-0.3, -0.25) is 9.20 Å². The minimum Gasteiger partial charge on any atom is -0.347 e. The Labute approximate surface area is 195 Å². The number of carbonyl (C=O) groups excluding carboxylic acids is 1. The van der Waals surface area contributed by atoms with Crippen molar-refractivity contribution >= 4 is 43.1 Å². The second-order valence-corrected chi connectivity index (χ2v) is 9.30. The number of amides is 1. The molecule has 0 spiro atoms. The molecule has 0 atom stereocenters. The highest BCUT2D eigenvalue weighted by atomic mass is 32.1. The molecule has 0 aliphatic rings. The molecule has 3 aromatic heterocycles. The molecule has 1 N–H and O–H groups in total. The van der Waals surface area contributed by atoms with E-state index >= 15 is 0 Å². The van der Waals surface area contributed by atoms with Crippen molar-refractivity contribution in [2.75, 3.05) is 0 Å². The van der Waals surface area contributed by atoms with Crippen molar-refractivity contribution in [3.05, 3.63) is 108 Å². The normalized spacial score (nSPS) is 11.4. The summed E-state index contributed by atoms with van der Waals surface area (Å²) in [4.78, 5) is 18.3. The van der Waals surface area contributed by atoms with Crippen LogP contribution < -0.4 is 5.32 Å². The minimum absolute atomic E-state index is 0.139. The largest absolute Gasteiger partial charge is 0.347 e. The highest BCUT2D eigenvalue weighted by Gasteiger charge is 2.21. The lowest BCUT2D eigenvalue weighted by atomic mass is 10.1. The lowest BCUT2D eigenvalue weighted by Crippen LogP contribution is -2.24. The number of aryl methyl sites for hydroxylation is 1. The van der Waals surface area contributed by atoms with Gasteiger partial charge in [0.05, 0.1) is 0 Å². The number of rotatable bonds is 4. The summed E-state index contributed by atoms with van der Waals surface area (Å²) in [7, 11) is 0. The van der Waals surface area contributed by atoms with Gasteiger partial charge in [0, 0.05) is 38.5 Å². The predicted octanol–water partition coefficient (Wildman–Crippen LogP) is 6.61. The first-order valence-electron chi connectivity index (χ1n) is 10.9. The molecule has 6 rings (SSSR count). The average Bonchev–Trinajstić information content (AvgIpc) is 3.42. The van der Waals surface area contributed by atoms with Crippen molar-refractivity contribution in [3.8, 4) is 11.3 Å².